The summed E-state index contributed by atoms with van der Waals surface area (Å²) >= 11 is 0. The fourth-order valence-electron chi connectivity index (χ4n) is 2.52. The van der Waals surface area contributed by atoms with Crippen LogP contribution in [0.15, 0.2) is 18.7 Å². The second-order valence-corrected chi connectivity index (χ2v) is 4.94. The molecule has 0 aromatic carbocycles. The number of allylic oxidation sites excluding steroid dienone is 3. The summed E-state index contributed by atoms with van der Waals surface area (Å²) in [6.07, 6.45) is 5.66. The number of nitrogens with one attached hydrogen (secondary N) is 1. The first-order valence-electron chi connectivity index (χ1n) is 6.76. The Labute approximate surface area is 118 Å². The van der Waals surface area contributed by atoms with Gasteiger partial charge in [0.25, 0.3) is 5.91 Å². The maximum absolute atomic E-state index is 11.7. The maximum atomic E-state index is 11.7. The molecule has 1 atom stereocenters. The van der Waals surface area contributed by atoms with Gasteiger partial charge < -0.3 is 16.8 Å². The van der Waals surface area contributed by atoms with E-state index in [9.17, 15) is 4.79 Å². The molecule has 1 unspecified atom stereocenters. The van der Waals surface area contributed by atoms with Gasteiger partial charge in [-0.05, 0) is 31.9 Å². The van der Waals surface area contributed by atoms with Crippen LogP contribution in [0.5, 0.6) is 0 Å². The summed E-state index contributed by atoms with van der Waals surface area (Å²) in [5.74, 6) is -0.245. The van der Waals surface area contributed by atoms with E-state index < -0.39 is 5.91 Å². The molecule has 2 rings (SSSR count). The Hall–Kier alpha value is -2.08. The number of amides is 1. The van der Waals surface area contributed by atoms with Gasteiger partial charge in [0.2, 0.25) is 0 Å². The van der Waals surface area contributed by atoms with Gasteiger partial charge in [-0.2, -0.15) is 5.10 Å². The highest BCUT2D eigenvalue weighted by atomic mass is 16.1. The van der Waals surface area contributed by atoms with Crippen molar-refractivity contribution in [3.63, 3.8) is 0 Å². The van der Waals surface area contributed by atoms with Crippen LogP contribution in [0.1, 0.15) is 41.9 Å². The number of primary amides is 1. The van der Waals surface area contributed by atoms with Gasteiger partial charge in [0.05, 0.1) is 6.04 Å². The fourth-order valence-corrected chi connectivity index (χ4v) is 2.52. The normalized spacial score (nSPS) is 19.4. The summed E-state index contributed by atoms with van der Waals surface area (Å²) in [6, 6.07) is 0.147. The van der Waals surface area contributed by atoms with Crippen molar-refractivity contribution in [2.75, 3.05) is 18.8 Å². The Morgan fingerprint density at radius 3 is 2.90 bits per heavy atom. The molecule has 0 spiro atoms. The summed E-state index contributed by atoms with van der Waals surface area (Å²) in [5, 5.41) is 7.78. The van der Waals surface area contributed by atoms with Crippen molar-refractivity contribution < 1.29 is 4.79 Å². The van der Waals surface area contributed by atoms with Gasteiger partial charge in [-0.3, -0.25) is 4.79 Å². The minimum absolute atomic E-state index is 0.147. The zero-order valence-electron chi connectivity index (χ0n) is 11.7. The zero-order valence-corrected chi connectivity index (χ0v) is 11.7. The minimum Gasteiger partial charge on any atom is -0.383 e. The molecule has 6 heteroatoms. The molecule has 1 aliphatic heterocycles. The van der Waals surface area contributed by atoms with Crippen LogP contribution in [0.25, 0.3) is 5.57 Å². The number of anilines is 1. The van der Waals surface area contributed by atoms with E-state index in [0.29, 0.717) is 17.1 Å². The van der Waals surface area contributed by atoms with Gasteiger partial charge in [0.15, 0.2) is 0 Å². The number of piperidine rings is 1. The Bertz CT molecular complexity index is 552. The lowest BCUT2D eigenvalue weighted by atomic mass is 10.1. The van der Waals surface area contributed by atoms with Crippen LogP contribution in [-0.2, 0) is 0 Å². The van der Waals surface area contributed by atoms with Gasteiger partial charge in [0.1, 0.15) is 17.1 Å². The Balaban J connectivity index is 2.46. The number of carbonyl (C=O) groups excluding carboxylic acids is 1. The number of nitrogens with two attached hydrogens (primary N) is 2. The number of nitrogen functional groups attached to an aromatic ring is 1. The van der Waals surface area contributed by atoms with Crippen LogP contribution in [0, 0.1) is 0 Å². The molecule has 0 radical (unpaired) electrons. The molecule has 2 heterocycles. The molecule has 6 nitrogen and oxygen atoms in total. The van der Waals surface area contributed by atoms with Crippen LogP contribution >= 0.6 is 0 Å². The molecule has 1 fully saturated rings. The van der Waals surface area contributed by atoms with Crippen molar-refractivity contribution in [2.24, 2.45) is 5.73 Å². The number of hydrogen-bond donors (Lipinski definition) is 3. The van der Waals surface area contributed by atoms with Gasteiger partial charge >= 0.3 is 0 Å². The van der Waals surface area contributed by atoms with Crippen molar-refractivity contribution in [2.45, 2.75) is 25.8 Å². The summed E-state index contributed by atoms with van der Waals surface area (Å²) in [5.41, 5.74) is 12.9. The average Bonchev–Trinajstić information content (AvgIpc) is 2.78. The van der Waals surface area contributed by atoms with Crippen molar-refractivity contribution in [3.8, 4) is 0 Å². The van der Waals surface area contributed by atoms with E-state index in [1.54, 1.807) is 10.8 Å². The molecule has 5 N–H and O–H groups in total. The van der Waals surface area contributed by atoms with Crippen molar-refractivity contribution in [1.29, 1.82) is 0 Å². The SMILES string of the molecule is C=C(C=CC)c1nn(C2CCCNC2)c(N)c1C(N)=O. The lowest BCUT2D eigenvalue weighted by Gasteiger charge is -2.23. The number of aromatic nitrogens is 2. The number of rotatable bonds is 4. The maximum Gasteiger partial charge on any atom is 0.254 e. The number of hydrogen-bond acceptors (Lipinski definition) is 4. The first kappa shape index (κ1) is 14.3. The highest BCUT2D eigenvalue weighted by Crippen LogP contribution is 2.28. The van der Waals surface area contributed by atoms with Gasteiger partial charge in [-0.15, -0.1) is 0 Å². The molecular weight excluding hydrogens is 254 g/mol. The number of carbonyl (C=O) groups is 1. The topological polar surface area (TPSA) is 99.0 Å². The third-order valence-electron chi connectivity index (χ3n) is 3.48. The quantitative estimate of drug-likeness (QED) is 0.716. The molecule has 0 aliphatic carbocycles. The third-order valence-corrected chi connectivity index (χ3v) is 3.48. The highest BCUT2D eigenvalue weighted by molar-refractivity contribution is 6.02. The first-order valence-corrected chi connectivity index (χ1v) is 6.76. The Morgan fingerprint density at radius 1 is 1.60 bits per heavy atom. The molecule has 1 aromatic heterocycles. The Morgan fingerprint density at radius 2 is 2.35 bits per heavy atom. The molecule has 1 aliphatic rings. The lowest BCUT2D eigenvalue weighted by molar-refractivity contribution is 0.100. The standard InChI is InChI=1S/C14H21N5O/c1-3-5-9(2)12-11(14(16)20)13(15)19(18-12)10-6-4-7-17-8-10/h3,5,10,17H,2,4,6-8,15H2,1H3,(H2,16,20). The average molecular weight is 275 g/mol. The van der Waals surface area contributed by atoms with Crippen LogP contribution in [0.3, 0.4) is 0 Å². The largest absolute Gasteiger partial charge is 0.383 e. The highest BCUT2D eigenvalue weighted by Gasteiger charge is 2.25. The molecule has 0 saturated carbocycles. The summed E-state index contributed by atoms with van der Waals surface area (Å²) in [4.78, 5) is 11.7. The van der Waals surface area contributed by atoms with Crippen LogP contribution in [-0.4, -0.2) is 28.8 Å². The zero-order chi connectivity index (χ0) is 14.7. The van der Waals surface area contributed by atoms with E-state index >= 15 is 0 Å². The van der Waals surface area contributed by atoms with E-state index in [0.717, 1.165) is 25.9 Å². The van der Waals surface area contributed by atoms with E-state index in [1.165, 1.54) is 0 Å². The molecular formula is C14H21N5O. The molecule has 1 aromatic rings. The minimum atomic E-state index is -0.571. The second kappa shape index (κ2) is 5.92. The van der Waals surface area contributed by atoms with Gasteiger partial charge in [-0.25, -0.2) is 4.68 Å². The summed E-state index contributed by atoms with van der Waals surface area (Å²) < 4.78 is 1.70. The summed E-state index contributed by atoms with van der Waals surface area (Å²) in [6.45, 7) is 7.58. The molecule has 0 bridgehead atoms. The third kappa shape index (κ3) is 2.60. The summed E-state index contributed by atoms with van der Waals surface area (Å²) in [7, 11) is 0. The van der Waals surface area contributed by atoms with E-state index in [4.69, 9.17) is 11.5 Å². The monoisotopic (exact) mass is 275 g/mol. The van der Waals surface area contributed by atoms with Crippen molar-refractivity contribution in [1.82, 2.24) is 15.1 Å². The molecule has 108 valence electrons. The van der Waals surface area contributed by atoms with Crippen molar-refractivity contribution >= 4 is 17.3 Å². The van der Waals surface area contributed by atoms with E-state index in [1.807, 2.05) is 13.0 Å². The Kier molecular flexibility index (Phi) is 4.24. The van der Waals surface area contributed by atoms with Gasteiger partial charge in [0, 0.05) is 6.54 Å². The first-order chi connectivity index (χ1) is 9.56. The van der Waals surface area contributed by atoms with Crippen LogP contribution in [0.2, 0.25) is 0 Å². The van der Waals surface area contributed by atoms with Crippen molar-refractivity contribution in [3.05, 3.63) is 30.0 Å². The number of nitrogens with zero attached hydrogens (tertiary/aromatic N) is 2. The lowest BCUT2D eigenvalue weighted by Crippen LogP contribution is -2.32. The molecule has 1 amide bonds. The predicted octanol–water partition coefficient (Wildman–Crippen LogP) is 1.08. The second-order valence-electron chi connectivity index (χ2n) is 4.94. The van der Waals surface area contributed by atoms with Gasteiger partial charge in [-0.1, -0.05) is 18.7 Å². The van der Waals surface area contributed by atoms with E-state index in [2.05, 4.69) is 17.0 Å². The van der Waals surface area contributed by atoms with Crippen LogP contribution < -0.4 is 16.8 Å². The van der Waals surface area contributed by atoms with E-state index in [-0.39, 0.29) is 11.6 Å². The smallest absolute Gasteiger partial charge is 0.254 e. The molecule has 20 heavy (non-hydrogen) atoms. The predicted molar refractivity (Wildman–Crippen MR) is 80.1 cm³/mol. The fraction of sp³-hybridized carbons (Fsp3) is 0.429. The molecule has 1 saturated heterocycles. The van der Waals surface area contributed by atoms with Crippen LogP contribution in [0.4, 0.5) is 5.82 Å².